The molecule has 192 valence electrons. The van der Waals surface area contributed by atoms with Crippen LogP contribution in [0.3, 0.4) is 0 Å². The summed E-state index contributed by atoms with van der Waals surface area (Å²) in [5, 5.41) is 23.9. The number of hydrogen-bond acceptors (Lipinski definition) is 4. The average Bonchev–Trinajstić information content (AvgIpc) is 3.51. The van der Waals surface area contributed by atoms with Crippen molar-refractivity contribution in [1.82, 2.24) is 9.55 Å². The summed E-state index contributed by atoms with van der Waals surface area (Å²) in [6, 6.07) is 3.94. The molecule has 0 radical (unpaired) electrons. The summed E-state index contributed by atoms with van der Waals surface area (Å²) in [5.74, 6) is 0.868. The summed E-state index contributed by atoms with van der Waals surface area (Å²) in [4.78, 5) is 17.5. The molecule has 3 fully saturated rings. The summed E-state index contributed by atoms with van der Waals surface area (Å²) in [7, 11) is 1.72. The molecule has 3 saturated carbocycles. The number of fused-ring (bicyclic) bond motifs is 1. The highest BCUT2D eigenvalue weighted by Crippen LogP contribution is 2.54. The first-order chi connectivity index (χ1) is 16.9. The molecule has 0 bridgehead atoms. The zero-order valence-electron chi connectivity index (χ0n) is 19.7. The highest BCUT2D eigenvalue weighted by atomic mass is 35.5. The molecule has 3 atom stereocenters. The van der Waals surface area contributed by atoms with Crippen LogP contribution in [0.4, 0.5) is 18.9 Å². The summed E-state index contributed by atoms with van der Waals surface area (Å²) < 4.78 is 43.2. The number of nitrogens with zero attached hydrogens (tertiary/aromatic N) is 2. The Labute approximate surface area is 211 Å². The fourth-order valence-electron chi connectivity index (χ4n) is 6.11. The number of rotatable bonds is 3. The number of benzene rings is 1. The molecule has 36 heavy (non-hydrogen) atoms. The molecule has 3 unspecified atom stereocenters. The third-order valence-corrected chi connectivity index (χ3v) is 8.21. The lowest BCUT2D eigenvalue weighted by Crippen LogP contribution is -2.42. The minimum absolute atomic E-state index is 0.0142. The first kappa shape index (κ1) is 25.1. The maximum Gasteiger partial charge on any atom is 0.287 e. The van der Waals surface area contributed by atoms with Crippen LogP contribution in [0, 0.1) is 29.5 Å². The number of aliphatic hydroxyl groups is 2. The zero-order valence-corrected chi connectivity index (χ0v) is 20.5. The van der Waals surface area contributed by atoms with Crippen molar-refractivity contribution in [2.24, 2.45) is 18.9 Å². The van der Waals surface area contributed by atoms with Crippen LogP contribution in [0.15, 0.2) is 24.5 Å². The molecule has 1 heterocycles. The van der Waals surface area contributed by atoms with Gasteiger partial charge in [0.15, 0.2) is 5.60 Å². The Morgan fingerprint density at radius 2 is 1.89 bits per heavy atom. The lowest BCUT2D eigenvalue weighted by Gasteiger charge is -2.25. The predicted octanol–water partition coefficient (Wildman–Crippen LogP) is 4.65. The van der Waals surface area contributed by atoms with Crippen molar-refractivity contribution in [2.45, 2.75) is 68.0 Å². The van der Waals surface area contributed by atoms with Gasteiger partial charge in [-0.1, -0.05) is 23.4 Å². The van der Waals surface area contributed by atoms with Crippen LogP contribution in [0.5, 0.6) is 0 Å². The van der Waals surface area contributed by atoms with Crippen molar-refractivity contribution >= 4 is 23.2 Å². The monoisotopic (exact) mass is 521 g/mol. The molecule has 6 nitrogen and oxygen atoms in total. The Morgan fingerprint density at radius 3 is 2.50 bits per heavy atom. The Kier molecular flexibility index (Phi) is 6.13. The molecule has 3 aliphatic rings. The van der Waals surface area contributed by atoms with Crippen LogP contribution in [-0.2, 0) is 7.05 Å². The standard InChI is InChI=1S/C26H27ClF3N3O3/c1-33-14-31-21(22(33)23(34)32-18-3-4-20(28)19(27)11-18)15-9-16-12-24(35,13-17(16)10-15)7-8-25(36)5-2-6-26(25,29)30/h3-4,11,14-17,35-36H,2,5-6,9-10,12-13H2,1H3,(H,32,34). The number of halogens is 4. The lowest BCUT2D eigenvalue weighted by atomic mass is 9.91. The van der Waals surface area contributed by atoms with Gasteiger partial charge < -0.3 is 20.1 Å². The molecule has 5 rings (SSSR count). The maximum absolute atomic E-state index is 14.0. The number of aryl methyl sites for hydroxylation is 1. The predicted molar refractivity (Wildman–Crippen MR) is 127 cm³/mol. The molecule has 3 N–H and O–H groups in total. The van der Waals surface area contributed by atoms with Gasteiger partial charge in [0.1, 0.15) is 17.1 Å². The molecule has 10 heteroatoms. The van der Waals surface area contributed by atoms with E-state index in [9.17, 15) is 28.2 Å². The second-order valence-corrected chi connectivity index (χ2v) is 10.9. The van der Waals surface area contributed by atoms with Gasteiger partial charge in [0.05, 0.1) is 17.0 Å². The topological polar surface area (TPSA) is 87.4 Å². The molecular weight excluding hydrogens is 495 g/mol. The molecule has 1 aromatic heterocycles. The first-order valence-electron chi connectivity index (χ1n) is 12.0. The van der Waals surface area contributed by atoms with Crippen LogP contribution in [0.25, 0.3) is 0 Å². The van der Waals surface area contributed by atoms with E-state index < -0.39 is 35.3 Å². The molecule has 3 aliphatic carbocycles. The zero-order chi connectivity index (χ0) is 25.9. The van der Waals surface area contributed by atoms with Crippen molar-refractivity contribution in [3.63, 3.8) is 0 Å². The smallest absolute Gasteiger partial charge is 0.287 e. The molecule has 2 aromatic rings. The molecule has 0 spiro atoms. The van der Waals surface area contributed by atoms with Crippen LogP contribution in [-0.4, -0.2) is 42.8 Å². The minimum atomic E-state index is -3.27. The van der Waals surface area contributed by atoms with Gasteiger partial charge in [-0.15, -0.1) is 0 Å². The van der Waals surface area contributed by atoms with E-state index in [1.165, 1.54) is 18.2 Å². The van der Waals surface area contributed by atoms with Gasteiger partial charge in [-0.2, -0.15) is 0 Å². The van der Waals surface area contributed by atoms with Gasteiger partial charge in [0.25, 0.3) is 11.8 Å². The SMILES string of the molecule is Cn1cnc(C2CC3CC(O)(C#CC4(O)CCCC4(F)F)CC3C2)c1C(=O)Nc1ccc(F)c(Cl)c1. The van der Waals surface area contributed by atoms with Crippen molar-refractivity contribution < 1.29 is 28.2 Å². The number of hydrogen-bond donors (Lipinski definition) is 3. The van der Waals surface area contributed by atoms with E-state index in [1.54, 1.807) is 17.9 Å². The van der Waals surface area contributed by atoms with Crippen LogP contribution in [0.1, 0.15) is 67.0 Å². The fourth-order valence-corrected chi connectivity index (χ4v) is 6.29. The van der Waals surface area contributed by atoms with Gasteiger partial charge in [-0.3, -0.25) is 4.79 Å². The Morgan fingerprint density at radius 1 is 1.19 bits per heavy atom. The largest absolute Gasteiger partial charge is 0.378 e. The number of imidazole rings is 1. The van der Waals surface area contributed by atoms with E-state index in [4.69, 9.17) is 11.6 Å². The van der Waals surface area contributed by atoms with Crippen molar-refractivity contribution in [2.75, 3.05) is 5.32 Å². The van der Waals surface area contributed by atoms with Gasteiger partial charge in [-0.05, 0) is 68.6 Å². The number of carbonyl (C=O) groups excluding carboxylic acids is 1. The van der Waals surface area contributed by atoms with Crippen molar-refractivity contribution in [3.8, 4) is 11.8 Å². The van der Waals surface area contributed by atoms with E-state index in [-0.39, 0.29) is 35.6 Å². The third-order valence-electron chi connectivity index (χ3n) is 7.92. The second-order valence-electron chi connectivity index (χ2n) is 10.5. The third kappa shape index (κ3) is 4.40. The number of nitrogens with one attached hydrogen (secondary N) is 1. The number of aromatic nitrogens is 2. The number of anilines is 1. The number of alkyl halides is 2. The van der Waals surface area contributed by atoms with Crippen molar-refractivity contribution in [3.05, 3.63) is 46.8 Å². The first-order valence-corrected chi connectivity index (χ1v) is 12.4. The van der Waals surface area contributed by atoms with Crippen LogP contribution < -0.4 is 5.32 Å². The molecule has 1 amide bonds. The highest BCUT2D eigenvalue weighted by Gasteiger charge is 2.56. The van der Waals surface area contributed by atoms with Gasteiger partial charge in [0.2, 0.25) is 0 Å². The maximum atomic E-state index is 14.0. The highest BCUT2D eigenvalue weighted by molar-refractivity contribution is 6.31. The van der Waals surface area contributed by atoms with Gasteiger partial charge in [-0.25, -0.2) is 18.2 Å². The van der Waals surface area contributed by atoms with Gasteiger partial charge in [0, 0.05) is 25.1 Å². The van der Waals surface area contributed by atoms with Crippen LogP contribution >= 0.6 is 11.6 Å². The molecular formula is C26H27ClF3N3O3. The summed E-state index contributed by atoms with van der Waals surface area (Å²) in [6.07, 6.45) is 3.25. The summed E-state index contributed by atoms with van der Waals surface area (Å²) in [5.41, 5.74) is -2.40. The van der Waals surface area contributed by atoms with E-state index >= 15 is 0 Å². The minimum Gasteiger partial charge on any atom is -0.378 e. The molecule has 1 aromatic carbocycles. The second kappa shape index (κ2) is 8.79. The summed E-state index contributed by atoms with van der Waals surface area (Å²) in [6.45, 7) is 0. The molecule has 0 aliphatic heterocycles. The van der Waals surface area contributed by atoms with E-state index in [2.05, 4.69) is 22.1 Å². The van der Waals surface area contributed by atoms with E-state index in [0.29, 0.717) is 42.8 Å². The average molecular weight is 522 g/mol. The van der Waals surface area contributed by atoms with Crippen molar-refractivity contribution in [1.29, 1.82) is 0 Å². The Bertz CT molecular complexity index is 1260. The number of carbonyl (C=O) groups is 1. The van der Waals surface area contributed by atoms with E-state index in [1.807, 2.05) is 0 Å². The summed E-state index contributed by atoms with van der Waals surface area (Å²) >= 11 is 5.82. The van der Waals surface area contributed by atoms with Gasteiger partial charge >= 0.3 is 0 Å². The molecule has 0 saturated heterocycles. The fraction of sp³-hybridized carbons (Fsp3) is 0.538. The van der Waals surface area contributed by atoms with Crippen LogP contribution in [0.2, 0.25) is 5.02 Å². The lowest BCUT2D eigenvalue weighted by molar-refractivity contribution is -0.126. The Hall–Kier alpha value is -2.54. The quantitative estimate of drug-likeness (QED) is 0.513. The Balaban J connectivity index is 1.28. The normalized spacial score (nSPS) is 32.7. The van der Waals surface area contributed by atoms with E-state index in [0.717, 1.165) is 0 Å². The number of amides is 1.